The van der Waals surface area contributed by atoms with Gasteiger partial charge in [-0.1, -0.05) is 23.7 Å². The molecule has 0 radical (unpaired) electrons. The lowest BCUT2D eigenvalue weighted by atomic mass is 10.2. The highest BCUT2D eigenvalue weighted by Crippen LogP contribution is 2.29. The van der Waals surface area contributed by atoms with Crippen LogP contribution in [0.5, 0.6) is 5.75 Å². The van der Waals surface area contributed by atoms with Gasteiger partial charge in [-0.05, 0) is 24.6 Å². The molecule has 0 aliphatic carbocycles. The zero-order valence-corrected chi connectivity index (χ0v) is 10.9. The van der Waals surface area contributed by atoms with Gasteiger partial charge in [0.2, 0.25) is 0 Å². The first-order chi connectivity index (χ1) is 8.70. The molecule has 0 bridgehead atoms. The molecule has 0 aliphatic heterocycles. The summed E-state index contributed by atoms with van der Waals surface area (Å²) in [5.41, 5.74) is 8.69. The van der Waals surface area contributed by atoms with Crippen molar-refractivity contribution >= 4 is 11.6 Å². The van der Waals surface area contributed by atoms with Crippen molar-refractivity contribution in [1.82, 2.24) is 4.98 Å². The Morgan fingerprint density at radius 1 is 1.33 bits per heavy atom. The van der Waals surface area contributed by atoms with Crippen molar-refractivity contribution in [2.75, 3.05) is 0 Å². The van der Waals surface area contributed by atoms with Crippen LogP contribution in [0.25, 0.3) is 0 Å². The maximum atomic E-state index is 6.11. The quantitative estimate of drug-likeness (QED) is 0.921. The molecule has 0 unspecified atom stereocenters. The molecule has 0 spiro atoms. The van der Waals surface area contributed by atoms with Crippen LogP contribution in [0.4, 0.5) is 0 Å². The molecule has 94 valence electrons. The molecular weight excluding hydrogens is 248 g/mol. The van der Waals surface area contributed by atoms with Gasteiger partial charge in [0, 0.05) is 30.1 Å². The fourth-order valence-corrected chi connectivity index (χ4v) is 1.98. The number of aromatic nitrogens is 1. The van der Waals surface area contributed by atoms with Crippen molar-refractivity contribution in [3.8, 4) is 5.75 Å². The van der Waals surface area contributed by atoms with E-state index in [1.54, 1.807) is 12.3 Å². The average Bonchev–Trinajstić information content (AvgIpc) is 2.37. The van der Waals surface area contributed by atoms with Gasteiger partial charge >= 0.3 is 0 Å². The Balaban J connectivity index is 2.15. The van der Waals surface area contributed by atoms with Gasteiger partial charge in [0.25, 0.3) is 0 Å². The predicted molar refractivity (Wildman–Crippen MR) is 72.6 cm³/mol. The first-order valence-corrected chi connectivity index (χ1v) is 6.09. The van der Waals surface area contributed by atoms with E-state index in [0.717, 1.165) is 16.7 Å². The number of aryl methyl sites for hydroxylation is 1. The summed E-state index contributed by atoms with van der Waals surface area (Å²) >= 11 is 6.11. The number of pyridine rings is 1. The van der Waals surface area contributed by atoms with Crippen molar-refractivity contribution in [3.63, 3.8) is 0 Å². The summed E-state index contributed by atoms with van der Waals surface area (Å²) < 4.78 is 5.75. The summed E-state index contributed by atoms with van der Waals surface area (Å²) in [7, 11) is 0. The minimum atomic E-state index is 0.405. The molecule has 0 aliphatic rings. The summed E-state index contributed by atoms with van der Waals surface area (Å²) in [6, 6.07) is 7.61. The van der Waals surface area contributed by atoms with Gasteiger partial charge in [-0.15, -0.1) is 0 Å². The highest BCUT2D eigenvalue weighted by atomic mass is 35.5. The molecule has 0 atom stereocenters. The number of nitrogens with zero attached hydrogens (tertiary/aromatic N) is 1. The lowest BCUT2D eigenvalue weighted by Crippen LogP contribution is -2.03. The average molecular weight is 263 g/mol. The number of ether oxygens (including phenoxy) is 1. The van der Waals surface area contributed by atoms with Crippen LogP contribution in [0, 0.1) is 6.92 Å². The molecule has 2 rings (SSSR count). The van der Waals surface area contributed by atoms with Crippen LogP contribution < -0.4 is 10.5 Å². The monoisotopic (exact) mass is 262 g/mol. The third-order valence-electron chi connectivity index (χ3n) is 2.58. The molecule has 3 nitrogen and oxygen atoms in total. The fourth-order valence-electron chi connectivity index (χ4n) is 1.73. The van der Waals surface area contributed by atoms with Crippen LogP contribution in [0.1, 0.15) is 16.7 Å². The van der Waals surface area contributed by atoms with E-state index in [2.05, 4.69) is 4.98 Å². The molecule has 0 fully saturated rings. The molecular formula is C14H15ClN2O. The molecule has 2 aromatic rings. The van der Waals surface area contributed by atoms with E-state index in [1.807, 2.05) is 31.3 Å². The van der Waals surface area contributed by atoms with Gasteiger partial charge in [0.15, 0.2) is 0 Å². The molecule has 0 saturated heterocycles. The van der Waals surface area contributed by atoms with Crippen LogP contribution in [0.15, 0.2) is 36.7 Å². The summed E-state index contributed by atoms with van der Waals surface area (Å²) in [6.07, 6.45) is 3.59. The van der Waals surface area contributed by atoms with E-state index >= 15 is 0 Å². The fraction of sp³-hybridized carbons (Fsp3) is 0.214. The largest absolute Gasteiger partial charge is 0.487 e. The zero-order chi connectivity index (χ0) is 13.0. The second-order valence-corrected chi connectivity index (χ2v) is 4.50. The number of benzene rings is 1. The van der Waals surface area contributed by atoms with Crippen molar-refractivity contribution in [2.24, 2.45) is 5.73 Å². The lowest BCUT2D eigenvalue weighted by Gasteiger charge is -2.12. The molecule has 1 aromatic carbocycles. The second kappa shape index (κ2) is 5.85. The molecule has 4 heteroatoms. The summed E-state index contributed by atoms with van der Waals surface area (Å²) in [5, 5.41) is 0.582. The van der Waals surface area contributed by atoms with Crippen LogP contribution in [0.3, 0.4) is 0 Å². The summed E-state index contributed by atoms with van der Waals surface area (Å²) in [5.74, 6) is 0.656. The molecule has 2 N–H and O–H groups in total. The standard InChI is InChI=1S/C14H15ClN2O/c1-10-5-11(8-17-7-10)9-18-14-12(6-16)3-2-4-13(14)15/h2-5,7-8H,6,9,16H2,1H3. The Hall–Kier alpha value is -1.58. The molecule has 0 amide bonds. The topological polar surface area (TPSA) is 48.1 Å². The Morgan fingerprint density at radius 3 is 2.89 bits per heavy atom. The molecule has 1 aromatic heterocycles. The lowest BCUT2D eigenvalue weighted by molar-refractivity contribution is 0.302. The summed E-state index contributed by atoms with van der Waals surface area (Å²) in [6.45, 7) is 2.84. The van der Waals surface area contributed by atoms with E-state index in [9.17, 15) is 0 Å². The molecule has 18 heavy (non-hydrogen) atoms. The maximum absolute atomic E-state index is 6.11. The van der Waals surface area contributed by atoms with Crippen molar-refractivity contribution in [1.29, 1.82) is 0 Å². The number of nitrogens with two attached hydrogens (primary N) is 1. The Labute approximate surface area is 112 Å². The van der Waals surface area contributed by atoms with Crippen LogP contribution >= 0.6 is 11.6 Å². The Morgan fingerprint density at radius 2 is 2.17 bits per heavy atom. The van der Waals surface area contributed by atoms with Gasteiger partial charge in [0.05, 0.1) is 5.02 Å². The van der Waals surface area contributed by atoms with Gasteiger partial charge in [-0.25, -0.2) is 0 Å². The number of para-hydroxylation sites is 1. The number of hydrogen-bond donors (Lipinski definition) is 1. The Bertz CT molecular complexity index is 543. The normalized spacial score (nSPS) is 10.4. The Kier molecular flexibility index (Phi) is 4.18. The van der Waals surface area contributed by atoms with Crippen molar-refractivity contribution < 1.29 is 4.74 Å². The zero-order valence-electron chi connectivity index (χ0n) is 10.2. The smallest absolute Gasteiger partial charge is 0.142 e. The van der Waals surface area contributed by atoms with E-state index in [0.29, 0.717) is 23.9 Å². The van der Waals surface area contributed by atoms with Gasteiger partial charge in [0.1, 0.15) is 12.4 Å². The first kappa shape index (κ1) is 12.9. The molecule has 0 saturated carbocycles. The van der Waals surface area contributed by atoms with E-state index in [-0.39, 0.29) is 0 Å². The number of halogens is 1. The molecule has 1 heterocycles. The van der Waals surface area contributed by atoms with Crippen molar-refractivity contribution in [3.05, 3.63) is 58.4 Å². The first-order valence-electron chi connectivity index (χ1n) is 5.71. The van der Waals surface area contributed by atoms with E-state index < -0.39 is 0 Å². The van der Waals surface area contributed by atoms with Crippen LogP contribution in [-0.4, -0.2) is 4.98 Å². The highest BCUT2D eigenvalue weighted by molar-refractivity contribution is 6.32. The number of rotatable bonds is 4. The van der Waals surface area contributed by atoms with E-state index in [1.165, 1.54) is 0 Å². The number of hydrogen-bond acceptors (Lipinski definition) is 3. The van der Waals surface area contributed by atoms with Gasteiger partial charge in [-0.3, -0.25) is 4.98 Å². The van der Waals surface area contributed by atoms with Gasteiger partial charge in [-0.2, -0.15) is 0 Å². The SMILES string of the molecule is Cc1cncc(COc2c(Cl)cccc2CN)c1. The van der Waals surface area contributed by atoms with Crippen LogP contribution in [-0.2, 0) is 13.2 Å². The summed E-state index contributed by atoms with van der Waals surface area (Å²) in [4.78, 5) is 4.12. The van der Waals surface area contributed by atoms with Crippen LogP contribution in [0.2, 0.25) is 5.02 Å². The second-order valence-electron chi connectivity index (χ2n) is 4.09. The maximum Gasteiger partial charge on any atom is 0.142 e. The predicted octanol–water partition coefficient (Wildman–Crippen LogP) is 3.08. The minimum absolute atomic E-state index is 0.405. The third-order valence-corrected chi connectivity index (χ3v) is 2.88. The minimum Gasteiger partial charge on any atom is -0.487 e. The van der Waals surface area contributed by atoms with Gasteiger partial charge < -0.3 is 10.5 Å². The highest BCUT2D eigenvalue weighted by Gasteiger charge is 2.07. The third kappa shape index (κ3) is 3.00. The van der Waals surface area contributed by atoms with E-state index in [4.69, 9.17) is 22.1 Å². The van der Waals surface area contributed by atoms with Crippen molar-refractivity contribution in [2.45, 2.75) is 20.1 Å².